The van der Waals surface area contributed by atoms with E-state index in [-0.39, 0.29) is 10.8 Å². The van der Waals surface area contributed by atoms with Crippen molar-refractivity contribution in [3.05, 3.63) is 57.7 Å². The number of nitro benzene ring substituents is 1. The Labute approximate surface area is 122 Å². The Hall–Kier alpha value is -2.18. The first-order chi connectivity index (χ1) is 9.65. The third-order valence-corrected chi connectivity index (χ3v) is 3.83. The minimum absolute atomic E-state index is 0.0521. The van der Waals surface area contributed by atoms with Gasteiger partial charge in [-0.3, -0.25) is 10.1 Å². The smallest absolute Gasteiger partial charge is 0.274 e. The number of hydrogen-bond acceptors (Lipinski definition) is 5. The highest BCUT2D eigenvalue weighted by Gasteiger charge is 2.18. The van der Waals surface area contributed by atoms with Gasteiger partial charge in [0.15, 0.2) is 5.15 Å². The van der Waals surface area contributed by atoms with Crippen molar-refractivity contribution in [1.82, 2.24) is 4.37 Å². The quantitative estimate of drug-likeness (QED) is 0.522. The standard InChI is InChI=1S/C13H7ClN2O3S/c14-13-12-10(19-9-4-2-1-3-5-9)6-8(16(17)18)7-11(12)20-15-13/h1-7H. The van der Waals surface area contributed by atoms with Crippen LogP contribution in [-0.2, 0) is 0 Å². The molecule has 0 fully saturated rings. The van der Waals surface area contributed by atoms with Crippen molar-refractivity contribution in [3.8, 4) is 11.5 Å². The molecule has 0 saturated carbocycles. The van der Waals surface area contributed by atoms with Gasteiger partial charge in [0.05, 0.1) is 21.1 Å². The number of nitro groups is 1. The minimum atomic E-state index is -0.467. The highest BCUT2D eigenvalue weighted by molar-refractivity contribution is 7.13. The van der Waals surface area contributed by atoms with Crippen LogP contribution in [0.15, 0.2) is 42.5 Å². The molecule has 0 aliphatic rings. The van der Waals surface area contributed by atoms with Gasteiger partial charge < -0.3 is 4.74 Å². The summed E-state index contributed by atoms with van der Waals surface area (Å²) in [5.74, 6) is 0.913. The summed E-state index contributed by atoms with van der Waals surface area (Å²) in [6.45, 7) is 0. The van der Waals surface area contributed by atoms with Gasteiger partial charge in [-0.1, -0.05) is 29.8 Å². The van der Waals surface area contributed by atoms with Crippen molar-refractivity contribution in [2.24, 2.45) is 0 Å². The molecule has 0 bridgehead atoms. The summed E-state index contributed by atoms with van der Waals surface area (Å²) in [5.41, 5.74) is -0.0521. The zero-order valence-electron chi connectivity index (χ0n) is 9.95. The number of rotatable bonds is 3. The normalized spacial score (nSPS) is 10.7. The van der Waals surface area contributed by atoms with Crippen molar-refractivity contribution in [2.45, 2.75) is 0 Å². The first kappa shape index (κ1) is 12.8. The van der Waals surface area contributed by atoms with Gasteiger partial charge in [-0.2, -0.15) is 4.37 Å². The molecule has 0 amide bonds. The lowest BCUT2D eigenvalue weighted by Gasteiger charge is -2.06. The maximum atomic E-state index is 11.0. The second kappa shape index (κ2) is 5.07. The molecule has 0 aliphatic heterocycles. The van der Waals surface area contributed by atoms with Gasteiger partial charge in [0, 0.05) is 6.07 Å². The minimum Gasteiger partial charge on any atom is -0.456 e. The van der Waals surface area contributed by atoms with E-state index in [1.165, 1.54) is 12.1 Å². The second-order valence-electron chi connectivity index (χ2n) is 3.96. The molecule has 5 nitrogen and oxygen atoms in total. The van der Waals surface area contributed by atoms with Gasteiger partial charge in [0.25, 0.3) is 5.69 Å². The molecule has 7 heteroatoms. The van der Waals surface area contributed by atoms with Crippen LogP contribution in [0.25, 0.3) is 10.1 Å². The molecule has 3 rings (SSSR count). The Bertz CT molecular complexity index is 789. The number of fused-ring (bicyclic) bond motifs is 1. The third kappa shape index (κ3) is 2.31. The van der Waals surface area contributed by atoms with Crippen molar-refractivity contribution in [1.29, 1.82) is 0 Å². The topological polar surface area (TPSA) is 65.3 Å². The van der Waals surface area contributed by atoms with Crippen LogP contribution in [0, 0.1) is 10.1 Å². The van der Waals surface area contributed by atoms with Crippen LogP contribution in [0.1, 0.15) is 0 Å². The first-order valence-electron chi connectivity index (χ1n) is 5.61. The molecular formula is C13H7ClN2O3S. The van der Waals surface area contributed by atoms with Crippen LogP contribution in [0.5, 0.6) is 11.5 Å². The highest BCUT2D eigenvalue weighted by atomic mass is 35.5. The molecule has 1 heterocycles. The Morgan fingerprint density at radius 2 is 2.00 bits per heavy atom. The molecule has 0 N–H and O–H groups in total. The van der Waals surface area contributed by atoms with Crippen LogP contribution in [0.4, 0.5) is 5.69 Å². The van der Waals surface area contributed by atoms with Crippen molar-refractivity contribution in [2.75, 3.05) is 0 Å². The number of benzene rings is 2. The number of hydrogen-bond donors (Lipinski definition) is 0. The summed E-state index contributed by atoms with van der Waals surface area (Å²) in [6, 6.07) is 11.8. The van der Waals surface area contributed by atoms with Gasteiger partial charge in [0.1, 0.15) is 11.5 Å². The fraction of sp³-hybridized carbons (Fsp3) is 0. The molecule has 0 radical (unpaired) electrons. The maximum absolute atomic E-state index is 11.0. The van der Waals surface area contributed by atoms with Crippen molar-refractivity contribution in [3.63, 3.8) is 0 Å². The van der Waals surface area contributed by atoms with E-state index in [0.717, 1.165) is 11.5 Å². The molecule has 3 aromatic rings. The molecule has 100 valence electrons. The van der Waals surface area contributed by atoms with Gasteiger partial charge >= 0.3 is 0 Å². The van der Waals surface area contributed by atoms with E-state index in [9.17, 15) is 10.1 Å². The Morgan fingerprint density at radius 1 is 1.25 bits per heavy atom. The van der Waals surface area contributed by atoms with Gasteiger partial charge in [0.2, 0.25) is 0 Å². The Kier molecular flexibility index (Phi) is 3.25. The zero-order chi connectivity index (χ0) is 14.1. The van der Waals surface area contributed by atoms with Gasteiger partial charge in [-0.15, -0.1) is 0 Å². The Morgan fingerprint density at radius 3 is 2.70 bits per heavy atom. The number of para-hydroxylation sites is 1. The fourth-order valence-corrected chi connectivity index (χ4v) is 2.87. The van der Waals surface area contributed by atoms with E-state index in [0.29, 0.717) is 21.6 Å². The van der Waals surface area contributed by atoms with Gasteiger partial charge in [-0.25, -0.2) is 0 Å². The predicted molar refractivity (Wildman–Crippen MR) is 77.8 cm³/mol. The van der Waals surface area contributed by atoms with E-state index in [1.807, 2.05) is 18.2 Å². The molecule has 0 unspecified atom stereocenters. The summed E-state index contributed by atoms with van der Waals surface area (Å²) in [5, 5.41) is 11.8. The molecule has 0 saturated heterocycles. The maximum Gasteiger partial charge on any atom is 0.274 e. The highest BCUT2D eigenvalue weighted by Crippen LogP contribution is 2.39. The molecule has 0 spiro atoms. The average Bonchev–Trinajstić information content (AvgIpc) is 2.82. The molecule has 20 heavy (non-hydrogen) atoms. The van der Waals surface area contributed by atoms with Crippen LogP contribution in [0.2, 0.25) is 5.15 Å². The largest absolute Gasteiger partial charge is 0.456 e. The summed E-state index contributed by atoms with van der Waals surface area (Å²) < 4.78 is 10.3. The van der Waals surface area contributed by atoms with E-state index in [4.69, 9.17) is 16.3 Å². The van der Waals surface area contributed by atoms with E-state index < -0.39 is 4.92 Å². The summed E-state index contributed by atoms with van der Waals surface area (Å²) in [6.07, 6.45) is 0. The van der Waals surface area contributed by atoms with Crippen molar-refractivity contribution >= 4 is 38.9 Å². The lowest BCUT2D eigenvalue weighted by atomic mass is 10.2. The zero-order valence-corrected chi connectivity index (χ0v) is 11.5. The third-order valence-electron chi connectivity index (χ3n) is 2.66. The number of halogens is 1. The molecule has 0 atom stereocenters. The fourth-order valence-electron chi connectivity index (χ4n) is 1.79. The molecule has 1 aromatic heterocycles. The summed E-state index contributed by atoms with van der Waals surface area (Å²) >= 11 is 7.13. The Balaban J connectivity index is 2.16. The lowest BCUT2D eigenvalue weighted by Crippen LogP contribution is -1.90. The van der Waals surface area contributed by atoms with E-state index in [1.54, 1.807) is 12.1 Å². The van der Waals surface area contributed by atoms with Crippen LogP contribution >= 0.6 is 23.1 Å². The van der Waals surface area contributed by atoms with Crippen molar-refractivity contribution < 1.29 is 9.66 Å². The van der Waals surface area contributed by atoms with Crippen LogP contribution in [-0.4, -0.2) is 9.30 Å². The number of aromatic nitrogens is 1. The molecule has 2 aromatic carbocycles. The predicted octanol–water partition coefficient (Wildman–Crippen LogP) is 4.65. The lowest BCUT2D eigenvalue weighted by molar-refractivity contribution is -0.384. The summed E-state index contributed by atoms with van der Waals surface area (Å²) in [7, 11) is 0. The first-order valence-corrected chi connectivity index (χ1v) is 6.76. The number of ether oxygens (including phenoxy) is 1. The second-order valence-corrected chi connectivity index (χ2v) is 5.13. The monoisotopic (exact) mass is 306 g/mol. The average molecular weight is 307 g/mol. The number of nitrogens with zero attached hydrogens (tertiary/aromatic N) is 2. The van der Waals surface area contributed by atoms with E-state index >= 15 is 0 Å². The SMILES string of the molecule is O=[N+]([O-])c1cc(Oc2ccccc2)c2c(Cl)nsc2c1. The molecular weight excluding hydrogens is 300 g/mol. The summed E-state index contributed by atoms with van der Waals surface area (Å²) in [4.78, 5) is 10.5. The van der Waals surface area contributed by atoms with Gasteiger partial charge in [-0.05, 0) is 23.7 Å². The molecule has 0 aliphatic carbocycles. The number of non-ortho nitro benzene ring substituents is 1. The van der Waals surface area contributed by atoms with E-state index in [2.05, 4.69) is 4.37 Å². The van der Waals surface area contributed by atoms with Crippen LogP contribution in [0.3, 0.4) is 0 Å². The van der Waals surface area contributed by atoms with Crippen LogP contribution < -0.4 is 4.74 Å².